The SMILES string of the molecule is CC(=O)NCc1ccc(C(=O)Nc2ccc(C)cc2C)cc1. The van der Waals surface area contributed by atoms with E-state index in [0.717, 1.165) is 22.4 Å². The minimum atomic E-state index is -0.141. The summed E-state index contributed by atoms with van der Waals surface area (Å²) < 4.78 is 0. The maximum atomic E-state index is 12.2. The molecule has 0 aliphatic carbocycles. The highest BCUT2D eigenvalue weighted by atomic mass is 16.2. The average Bonchev–Trinajstić information content (AvgIpc) is 2.48. The fourth-order valence-electron chi connectivity index (χ4n) is 2.15. The van der Waals surface area contributed by atoms with Crippen LogP contribution >= 0.6 is 0 Å². The molecule has 0 aliphatic heterocycles. The Labute approximate surface area is 130 Å². The summed E-state index contributed by atoms with van der Waals surface area (Å²) in [5.41, 5.74) is 4.57. The van der Waals surface area contributed by atoms with Gasteiger partial charge in [-0.2, -0.15) is 0 Å². The molecule has 114 valence electrons. The second-order valence-corrected chi connectivity index (χ2v) is 5.38. The van der Waals surface area contributed by atoms with E-state index in [-0.39, 0.29) is 11.8 Å². The average molecular weight is 296 g/mol. The van der Waals surface area contributed by atoms with E-state index in [4.69, 9.17) is 0 Å². The van der Waals surface area contributed by atoms with Gasteiger partial charge in [0.15, 0.2) is 0 Å². The van der Waals surface area contributed by atoms with E-state index in [9.17, 15) is 9.59 Å². The van der Waals surface area contributed by atoms with Gasteiger partial charge in [-0.15, -0.1) is 0 Å². The summed E-state index contributed by atoms with van der Waals surface area (Å²) >= 11 is 0. The Balaban J connectivity index is 2.04. The molecule has 2 N–H and O–H groups in total. The third kappa shape index (κ3) is 4.19. The summed E-state index contributed by atoms with van der Waals surface area (Å²) in [5, 5.41) is 5.64. The summed E-state index contributed by atoms with van der Waals surface area (Å²) in [7, 11) is 0. The standard InChI is InChI=1S/C18H20N2O2/c1-12-4-9-17(13(2)10-12)20-18(22)16-7-5-15(6-8-16)11-19-14(3)21/h4-10H,11H2,1-3H3,(H,19,21)(H,20,22). The Morgan fingerprint density at radius 2 is 1.68 bits per heavy atom. The Kier molecular flexibility index (Phi) is 4.94. The number of benzene rings is 2. The van der Waals surface area contributed by atoms with E-state index in [1.165, 1.54) is 6.92 Å². The van der Waals surface area contributed by atoms with Crippen LogP contribution in [0.4, 0.5) is 5.69 Å². The number of hydrogen-bond acceptors (Lipinski definition) is 2. The Bertz CT molecular complexity index is 691. The molecule has 0 aliphatic rings. The molecule has 0 saturated carbocycles. The monoisotopic (exact) mass is 296 g/mol. The van der Waals surface area contributed by atoms with Crippen molar-refractivity contribution < 1.29 is 9.59 Å². The maximum Gasteiger partial charge on any atom is 0.255 e. The first-order valence-electron chi connectivity index (χ1n) is 7.17. The number of anilines is 1. The zero-order valence-corrected chi connectivity index (χ0v) is 13.1. The molecule has 0 atom stereocenters. The lowest BCUT2D eigenvalue weighted by molar-refractivity contribution is -0.119. The first-order chi connectivity index (χ1) is 10.5. The van der Waals surface area contributed by atoms with Crippen molar-refractivity contribution >= 4 is 17.5 Å². The van der Waals surface area contributed by atoms with Crippen molar-refractivity contribution in [3.05, 3.63) is 64.7 Å². The summed E-state index contributed by atoms with van der Waals surface area (Å²) in [4.78, 5) is 23.1. The number of rotatable bonds is 4. The molecule has 0 fully saturated rings. The topological polar surface area (TPSA) is 58.2 Å². The van der Waals surface area contributed by atoms with E-state index < -0.39 is 0 Å². The van der Waals surface area contributed by atoms with Crippen LogP contribution in [-0.4, -0.2) is 11.8 Å². The van der Waals surface area contributed by atoms with Gasteiger partial charge < -0.3 is 10.6 Å². The molecule has 0 aromatic heterocycles. The highest BCUT2D eigenvalue weighted by molar-refractivity contribution is 6.04. The van der Waals surface area contributed by atoms with Gasteiger partial charge in [-0.25, -0.2) is 0 Å². The summed E-state index contributed by atoms with van der Waals surface area (Å²) in [5.74, 6) is -0.213. The maximum absolute atomic E-state index is 12.2. The van der Waals surface area contributed by atoms with Crippen molar-refractivity contribution in [1.29, 1.82) is 0 Å². The van der Waals surface area contributed by atoms with Crippen LogP contribution in [0.2, 0.25) is 0 Å². The third-order valence-electron chi connectivity index (χ3n) is 3.39. The fraction of sp³-hybridized carbons (Fsp3) is 0.222. The van der Waals surface area contributed by atoms with Crippen LogP contribution in [0.15, 0.2) is 42.5 Å². The minimum absolute atomic E-state index is 0.0725. The number of nitrogens with one attached hydrogen (secondary N) is 2. The van der Waals surface area contributed by atoms with Crippen LogP contribution in [0.5, 0.6) is 0 Å². The minimum Gasteiger partial charge on any atom is -0.352 e. The van der Waals surface area contributed by atoms with E-state index in [1.807, 2.05) is 44.2 Å². The van der Waals surface area contributed by atoms with E-state index in [2.05, 4.69) is 10.6 Å². The van der Waals surface area contributed by atoms with Crippen LogP contribution in [0, 0.1) is 13.8 Å². The van der Waals surface area contributed by atoms with Gasteiger partial charge in [-0.05, 0) is 43.2 Å². The molecular formula is C18H20N2O2. The molecule has 0 unspecified atom stereocenters. The van der Waals surface area contributed by atoms with Crippen molar-refractivity contribution in [2.75, 3.05) is 5.32 Å². The summed E-state index contributed by atoms with van der Waals surface area (Å²) in [6.45, 7) is 5.94. The van der Waals surface area contributed by atoms with Gasteiger partial charge in [0.2, 0.25) is 5.91 Å². The predicted molar refractivity (Wildman–Crippen MR) is 87.8 cm³/mol. The lowest BCUT2D eigenvalue weighted by Gasteiger charge is -2.10. The summed E-state index contributed by atoms with van der Waals surface area (Å²) in [6.07, 6.45) is 0. The van der Waals surface area contributed by atoms with Gasteiger partial charge >= 0.3 is 0 Å². The van der Waals surface area contributed by atoms with Gasteiger partial charge in [0, 0.05) is 24.7 Å². The second-order valence-electron chi connectivity index (χ2n) is 5.38. The summed E-state index contributed by atoms with van der Waals surface area (Å²) in [6, 6.07) is 13.1. The quantitative estimate of drug-likeness (QED) is 0.910. The number of amides is 2. The van der Waals surface area contributed by atoms with Crippen molar-refractivity contribution in [3.63, 3.8) is 0 Å². The lowest BCUT2D eigenvalue weighted by atomic mass is 10.1. The third-order valence-corrected chi connectivity index (χ3v) is 3.39. The highest BCUT2D eigenvalue weighted by Crippen LogP contribution is 2.17. The molecule has 2 rings (SSSR count). The fourth-order valence-corrected chi connectivity index (χ4v) is 2.15. The zero-order valence-electron chi connectivity index (χ0n) is 13.1. The first-order valence-corrected chi connectivity index (χ1v) is 7.17. The van der Waals surface area contributed by atoms with Gasteiger partial charge in [0.25, 0.3) is 5.91 Å². The molecule has 0 heterocycles. The molecule has 4 heteroatoms. The van der Waals surface area contributed by atoms with Gasteiger partial charge in [-0.3, -0.25) is 9.59 Å². The van der Waals surface area contributed by atoms with Crippen LogP contribution in [-0.2, 0) is 11.3 Å². The van der Waals surface area contributed by atoms with Crippen molar-refractivity contribution in [2.24, 2.45) is 0 Å². The highest BCUT2D eigenvalue weighted by Gasteiger charge is 2.08. The van der Waals surface area contributed by atoms with Crippen LogP contribution in [0.1, 0.15) is 34.0 Å². The van der Waals surface area contributed by atoms with Gasteiger partial charge in [0.1, 0.15) is 0 Å². The Morgan fingerprint density at radius 3 is 2.27 bits per heavy atom. The van der Waals surface area contributed by atoms with Crippen molar-refractivity contribution in [2.45, 2.75) is 27.3 Å². The van der Waals surface area contributed by atoms with Crippen molar-refractivity contribution in [3.8, 4) is 0 Å². The molecular weight excluding hydrogens is 276 g/mol. The Morgan fingerprint density at radius 1 is 1.00 bits per heavy atom. The molecule has 0 bridgehead atoms. The number of carbonyl (C=O) groups excluding carboxylic acids is 2. The molecule has 2 amide bonds. The predicted octanol–water partition coefficient (Wildman–Crippen LogP) is 3.19. The van der Waals surface area contributed by atoms with Crippen LogP contribution in [0.3, 0.4) is 0 Å². The largest absolute Gasteiger partial charge is 0.352 e. The van der Waals surface area contributed by atoms with E-state index >= 15 is 0 Å². The number of aryl methyl sites for hydroxylation is 2. The molecule has 0 radical (unpaired) electrons. The molecule has 0 saturated heterocycles. The smallest absolute Gasteiger partial charge is 0.255 e. The van der Waals surface area contributed by atoms with Crippen molar-refractivity contribution in [1.82, 2.24) is 5.32 Å². The Hall–Kier alpha value is -2.62. The van der Waals surface area contributed by atoms with Crippen LogP contribution < -0.4 is 10.6 Å². The molecule has 0 spiro atoms. The molecule has 4 nitrogen and oxygen atoms in total. The molecule has 2 aromatic rings. The van der Waals surface area contributed by atoms with Gasteiger partial charge in [-0.1, -0.05) is 29.8 Å². The zero-order chi connectivity index (χ0) is 16.1. The number of carbonyl (C=O) groups is 2. The molecule has 2 aromatic carbocycles. The second kappa shape index (κ2) is 6.89. The molecule has 22 heavy (non-hydrogen) atoms. The first kappa shape index (κ1) is 15.8. The van der Waals surface area contributed by atoms with Crippen LogP contribution in [0.25, 0.3) is 0 Å². The van der Waals surface area contributed by atoms with Gasteiger partial charge in [0.05, 0.1) is 0 Å². The number of hydrogen-bond donors (Lipinski definition) is 2. The lowest BCUT2D eigenvalue weighted by Crippen LogP contribution is -2.19. The van der Waals surface area contributed by atoms with E-state index in [1.54, 1.807) is 12.1 Å². The normalized spacial score (nSPS) is 10.1. The van der Waals surface area contributed by atoms with E-state index in [0.29, 0.717) is 12.1 Å².